The van der Waals surface area contributed by atoms with Crippen molar-refractivity contribution < 1.29 is 27.2 Å². The number of allylic oxidation sites excluding steroid dienone is 4. The fourth-order valence-corrected chi connectivity index (χ4v) is 2.47. The molecule has 102 valence electrons. The van der Waals surface area contributed by atoms with E-state index < -0.39 is 46.7 Å². The molecule has 2 aliphatic carbocycles. The fourth-order valence-electron chi connectivity index (χ4n) is 2.47. The highest BCUT2D eigenvalue weighted by atomic mass is 19.2. The summed E-state index contributed by atoms with van der Waals surface area (Å²) in [6.07, 6.45) is 1.40. The number of hydrogen-bond acceptors (Lipinski definition) is 2. The number of halogens is 4. The number of hydrogen-bond donors (Lipinski definition) is 0. The van der Waals surface area contributed by atoms with E-state index in [1.165, 1.54) is 0 Å². The lowest BCUT2D eigenvalue weighted by atomic mass is 9.72. The maximum absolute atomic E-state index is 13.2. The van der Waals surface area contributed by atoms with Gasteiger partial charge in [-0.3, -0.25) is 9.59 Å². The third-order valence-electron chi connectivity index (χ3n) is 3.46. The molecule has 0 saturated heterocycles. The van der Waals surface area contributed by atoms with Gasteiger partial charge in [0.1, 0.15) is 0 Å². The zero-order chi connectivity index (χ0) is 14.6. The second-order valence-corrected chi connectivity index (χ2v) is 4.62. The van der Waals surface area contributed by atoms with Crippen LogP contribution in [-0.2, 0) is 0 Å². The van der Waals surface area contributed by atoms with Gasteiger partial charge in [-0.15, -0.1) is 0 Å². The molecule has 0 spiro atoms. The fraction of sp³-hybridized carbons (Fsp3) is 0.143. The van der Waals surface area contributed by atoms with E-state index in [0.29, 0.717) is 24.3 Å². The van der Waals surface area contributed by atoms with Crippen molar-refractivity contribution in [3.63, 3.8) is 0 Å². The second-order valence-electron chi connectivity index (χ2n) is 4.62. The van der Waals surface area contributed by atoms with Crippen LogP contribution in [0.25, 0.3) is 0 Å². The third-order valence-corrected chi connectivity index (χ3v) is 3.46. The molecule has 0 radical (unpaired) electrons. The highest BCUT2D eigenvalue weighted by molar-refractivity contribution is 6.17. The van der Waals surface area contributed by atoms with Gasteiger partial charge < -0.3 is 0 Å². The SMILES string of the molecule is O=C1c2cc(F)c(F)cc2C(=O)C2C=C(F)C(F)=CC12. The standard InChI is InChI=1S/C14H6F4O2/c15-9-1-5-6(2-10(9)16)14(20)8-4-12(18)11(17)3-7(8)13(5)19/h1-6H. The largest absolute Gasteiger partial charge is 0.293 e. The molecule has 0 N–H and O–H groups in total. The molecule has 2 aliphatic rings. The number of carbonyl (C=O) groups is 2. The summed E-state index contributed by atoms with van der Waals surface area (Å²) in [7, 11) is 0. The van der Waals surface area contributed by atoms with E-state index in [-0.39, 0.29) is 11.1 Å². The van der Waals surface area contributed by atoms with Crippen LogP contribution < -0.4 is 0 Å². The van der Waals surface area contributed by atoms with E-state index in [9.17, 15) is 27.2 Å². The van der Waals surface area contributed by atoms with Gasteiger partial charge in [-0.1, -0.05) is 0 Å². The number of rotatable bonds is 0. The van der Waals surface area contributed by atoms with Crippen LogP contribution in [0.5, 0.6) is 0 Å². The number of ketones is 2. The quantitative estimate of drug-likeness (QED) is 0.684. The Hall–Kier alpha value is -2.24. The van der Waals surface area contributed by atoms with Crippen LogP contribution in [0.2, 0.25) is 0 Å². The first-order valence-corrected chi connectivity index (χ1v) is 5.72. The minimum atomic E-state index is -1.27. The Bertz CT molecular complexity index is 657. The summed E-state index contributed by atoms with van der Waals surface area (Å²) in [6.45, 7) is 0. The molecule has 0 aliphatic heterocycles. The molecule has 1 aromatic rings. The highest BCUT2D eigenvalue weighted by Crippen LogP contribution is 2.38. The Kier molecular flexibility index (Phi) is 2.64. The van der Waals surface area contributed by atoms with Crippen molar-refractivity contribution in [3.05, 3.63) is 58.7 Å². The summed E-state index contributed by atoms with van der Waals surface area (Å²) in [5, 5.41) is 0. The van der Waals surface area contributed by atoms with Crippen molar-refractivity contribution in [3.8, 4) is 0 Å². The maximum Gasteiger partial charge on any atom is 0.171 e. The molecule has 0 fully saturated rings. The molecule has 1 aromatic carbocycles. The first-order chi connectivity index (χ1) is 9.40. The summed E-state index contributed by atoms with van der Waals surface area (Å²) in [4.78, 5) is 24.2. The van der Waals surface area contributed by atoms with E-state index in [1.807, 2.05) is 0 Å². The van der Waals surface area contributed by atoms with Crippen LogP contribution in [0.1, 0.15) is 20.7 Å². The van der Waals surface area contributed by atoms with E-state index in [0.717, 1.165) is 0 Å². The summed E-state index contributed by atoms with van der Waals surface area (Å²) < 4.78 is 52.7. The lowest BCUT2D eigenvalue weighted by Crippen LogP contribution is -2.36. The summed E-state index contributed by atoms with van der Waals surface area (Å²) in [5.74, 6) is -8.93. The lowest BCUT2D eigenvalue weighted by molar-refractivity contribution is 0.0796. The average molecular weight is 282 g/mol. The van der Waals surface area contributed by atoms with Gasteiger partial charge in [0.15, 0.2) is 34.9 Å². The van der Waals surface area contributed by atoms with Crippen LogP contribution in [0, 0.1) is 23.5 Å². The first-order valence-electron chi connectivity index (χ1n) is 5.72. The second kappa shape index (κ2) is 4.13. The minimum absolute atomic E-state index is 0.310. The van der Waals surface area contributed by atoms with Crippen molar-refractivity contribution in [1.82, 2.24) is 0 Å². The lowest BCUT2D eigenvalue weighted by Gasteiger charge is -2.28. The van der Waals surface area contributed by atoms with Gasteiger partial charge in [-0.25, -0.2) is 17.6 Å². The molecule has 2 unspecified atom stereocenters. The number of benzene rings is 1. The van der Waals surface area contributed by atoms with Crippen LogP contribution in [0.3, 0.4) is 0 Å². The van der Waals surface area contributed by atoms with E-state index >= 15 is 0 Å². The predicted octanol–water partition coefficient (Wildman–Crippen LogP) is 3.30. The van der Waals surface area contributed by atoms with Crippen LogP contribution in [-0.4, -0.2) is 11.6 Å². The number of Topliss-reactive ketones (excluding diaryl/α,β-unsaturated/α-hetero) is 2. The molecule has 0 saturated carbocycles. The molecular weight excluding hydrogens is 276 g/mol. The predicted molar refractivity (Wildman–Crippen MR) is 60.4 cm³/mol. The molecule has 0 amide bonds. The van der Waals surface area contributed by atoms with Crippen molar-refractivity contribution in [2.45, 2.75) is 0 Å². The van der Waals surface area contributed by atoms with E-state index in [4.69, 9.17) is 0 Å². The van der Waals surface area contributed by atoms with Crippen molar-refractivity contribution in [2.75, 3.05) is 0 Å². The van der Waals surface area contributed by atoms with Crippen LogP contribution >= 0.6 is 0 Å². The monoisotopic (exact) mass is 282 g/mol. The van der Waals surface area contributed by atoms with Gasteiger partial charge in [0, 0.05) is 11.1 Å². The van der Waals surface area contributed by atoms with E-state index in [2.05, 4.69) is 0 Å². The Morgan fingerprint density at radius 1 is 0.700 bits per heavy atom. The van der Waals surface area contributed by atoms with Gasteiger partial charge in [0.25, 0.3) is 0 Å². The van der Waals surface area contributed by atoms with Gasteiger partial charge in [0.05, 0.1) is 11.8 Å². The molecule has 0 bridgehead atoms. The molecule has 3 rings (SSSR count). The Morgan fingerprint density at radius 2 is 1.05 bits per heavy atom. The smallest absolute Gasteiger partial charge is 0.171 e. The molecule has 20 heavy (non-hydrogen) atoms. The summed E-state index contributed by atoms with van der Waals surface area (Å²) in [5.41, 5.74) is -0.621. The van der Waals surface area contributed by atoms with Crippen LogP contribution in [0.4, 0.5) is 17.6 Å². The zero-order valence-electron chi connectivity index (χ0n) is 9.79. The molecule has 2 nitrogen and oxygen atoms in total. The zero-order valence-corrected chi connectivity index (χ0v) is 9.79. The summed E-state index contributed by atoms with van der Waals surface area (Å²) in [6, 6.07) is 1.23. The molecular formula is C14H6F4O2. The topological polar surface area (TPSA) is 34.1 Å². The van der Waals surface area contributed by atoms with Gasteiger partial charge in [-0.05, 0) is 24.3 Å². The van der Waals surface area contributed by atoms with Gasteiger partial charge >= 0.3 is 0 Å². The Labute approximate surface area is 110 Å². The van der Waals surface area contributed by atoms with Crippen molar-refractivity contribution >= 4 is 11.6 Å². The number of fused-ring (bicyclic) bond motifs is 2. The third kappa shape index (κ3) is 1.64. The highest BCUT2D eigenvalue weighted by Gasteiger charge is 2.42. The maximum atomic E-state index is 13.2. The molecule has 2 atom stereocenters. The Balaban J connectivity index is 2.22. The molecule has 0 aromatic heterocycles. The van der Waals surface area contributed by atoms with Gasteiger partial charge in [-0.2, -0.15) is 0 Å². The van der Waals surface area contributed by atoms with Crippen molar-refractivity contribution in [1.29, 1.82) is 0 Å². The van der Waals surface area contributed by atoms with Crippen LogP contribution in [0.15, 0.2) is 35.9 Å². The normalized spacial score (nSPS) is 24.8. The number of carbonyl (C=O) groups excluding carboxylic acids is 2. The molecule has 0 heterocycles. The van der Waals surface area contributed by atoms with E-state index in [1.54, 1.807) is 0 Å². The Morgan fingerprint density at radius 3 is 1.40 bits per heavy atom. The van der Waals surface area contributed by atoms with Crippen molar-refractivity contribution in [2.24, 2.45) is 11.8 Å². The first kappa shape index (κ1) is 12.8. The molecule has 6 heteroatoms. The minimum Gasteiger partial charge on any atom is -0.293 e. The summed E-state index contributed by atoms with van der Waals surface area (Å²) >= 11 is 0. The average Bonchev–Trinajstić information content (AvgIpc) is 2.41. The van der Waals surface area contributed by atoms with Gasteiger partial charge in [0.2, 0.25) is 0 Å².